The van der Waals surface area contributed by atoms with Gasteiger partial charge in [-0.1, -0.05) is 98.7 Å². The number of amides is 2. The predicted octanol–water partition coefficient (Wildman–Crippen LogP) is 9.49. The van der Waals surface area contributed by atoms with Gasteiger partial charge in [-0.25, -0.2) is 4.79 Å². The number of carboxylic acids is 1. The molecule has 3 N–H and O–H groups in total. The summed E-state index contributed by atoms with van der Waals surface area (Å²) < 4.78 is 0.887. The maximum atomic E-state index is 13.4. The van der Waals surface area contributed by atoms with Gasteiger partial charge in [0.1, 0.15) is 5.25 Å². The highest BCUT2D eigenvalue weighted by molar-refractivity contribution is 9.10. The maximum Gasteiger partial charge on any atom is 0.338 e. The monoisotopic (exact) mass is 696 g/mol. The number of hydrogen-bond acceptors (Lipinski definition) is 4. The molecule has 0 spiro atoms. The summed E-state index contributed by atoms with van der Waals surface area (Å²) in [6.45, 7) is 0. The van der Waals surface area contributed by atoms with E-state index in [1.54, 1.807) is 36.4 Å². The number of anilines is 2. The average Bonchev–Trinajstić information content (AvgIpc) is 2.94. The Morgan fingerprint density at radius 1 is 0.725 bits per heavy atom. The van der Waals surface area contributed by atoms with E-state index >= 15 is 0 Å². The molecule has 0 saturated heterocycles. The molecule has 0 aliphatic heterocycles. The first-order chi connectivity index (χ1) is 19.1. The van der Waals surface area contributed by atoms with E-state index in [0.717, 1.165) is 10.0 Å². The van der Waals surface area contributed by atoms with E-state index < -0.39 is 33.3 Å². The van der Waals surface area contributed by atoms with Crippen LogP contribution in [0.15, 0.2) is 88.2 Å². The molecule has 4 aromatic carbocycles. The van der Waals surface area contributed by atoms with Crippen LogP contribution in [-0.2, 0) is 4.79 Å². The highest BCUT2D eigenvalue weighted by atomic mass is 79.9. The molecule has 1 atom stereocenters. The standard InChI is InChI=1S/C28H17BrCl4N2O4S/c29-15-9-11-16(12-10-15)34-27(37)25(14-5-2-1-3-6-14)40-18-8-4-7-17(13-18)35-26(36)19-20(28(38)39)22(31)24(33)23(32)21(19)30/h1-13,25H,(H,34,37)(H,35,36)(H,38,39). The van der Waals surface area contributed by atoms with Crippen molar-refractivity contribution in [2.24, 2.45) is 0 Å². The van der Waals surface area contributed by atoms with E-state index in [4.69, 9.17) is 46.4 Å². The highest BCUT2D eigenvalue weighted by Crippen LogP contribution is 2.42. The lowest BCUT2D eigenvalue weighted by atomic mass is 10.1. The summed E-state index contributed by atoms with van der Waals surface area (Å²) in [6, 6.07) is 23.2. The zero-order valence-electron chi connectivity index (χ0n) is 20.1. The molecule has 0 heterocycles. The average molecular weight is 699 g/mol. The lowest BCUT2D eigenvalue weighted by molar-refractivity contribution is -0.115. The second-order valence-corrected chi connectivity index (χ2v) is 11.8. The Kier molecular flexibility index (Phi) is 10.1. The zero-order chi connectivity index (χ0) is 29.0. The summed E-state index contributed by atoms with van der Waals surface area (Å²) in [4.78, 5) is 39.1. The van der Waals surface area contributed by atoms with Gasteiger partial charge >= 0.3 is 5.97 Å². The molecule has 0 fully saturated rings. The molecule has 0 radical (unpaired) electrons. The molecule has 0 aromatic heterocycles. The third kappa shape index (κ3) is 6.94. The van der Waals surface area contributed by atoms with Crippen LogP contribution in [-0.4, -0.2) is 22.9 Å². The Morgan fingerprint density at radius 2 is 1.35 bits per heavy atom. The van der Waals surface area contributed by atoms with E-state index in [9.17, 15) is 19.5 Å². The van der Waals surface area contributed by atoms with Gasteiger partial charge in [-0.15, -0.1) is 11.8 Å². The summed E-state index contributed by atoms with van der Waals surface area (Å²) in [5, 5.41) is 13.3. The first-order valence-electron chi connectivity index (χ1n) is 11.4. The number of nitrogens with one attached hydrogen (secondary N) is 2. The van der Waals surface area contributed by atoms with E-state index in [0.29, 0.717) is 16.3 Å². The molecule has 0 saturated carbocycles. The number of rotatable bonds is 8. The first kappa shape index (κ1) is 30.2. The summed E-state index contributed by atoms with van der Waals surface area (Å²) in [6.07, 6.45) is 0. The molecule has 12 heteroatoms. The van der Waals surface area contributed by atoms with Crippen molar-refractivity contribution in [2.45, 2.75) is 10.1 Å². The van der Waals surface area contributed by atoms with Crippen molar-refractivity contribution in [1.29, 1.82) is 0 Å². The molecule has 1 unspecified atom stereocenters. The van der Waals surface area contributed by atoms with Crippen molar-refractivity contribution in [3.63, 3.8) is 0 Å². The van der Waals surface area contributed by atoms with Gasteiger partial charge in [-0.3, -0.25) is 9.59 Å². The molecule has 4 rings (SSSR count). The van der Waals surface area contributed by atoms with Crippen molar-refractivity contribution in [1.82, 2.24) is 0 Å². The van der Waals surface area contributed by atoms with Crippen LogP contribution in [0.25, 0.3) is 0 Å². The van der Waals surface area contributed by atoms with Crippen LogP contribution in [0.2, 0.25) is 20.1 Å². The number of halogens is 5. The molecule has 40 heavy (non-hydrogen) atoms. The van der Waals surface area contributed by atoms with Crippen LogP contribution >= 0.6 is 74.1 Å². The van der Waals surface area contributed by atoms with E-state index in [1.165, 1.54) is 11.8 Å². The molecular weight excluding hydrogens is 682 g/mol. The van der Waals surface area contributed by atoms with Gasteiger partial charge in [-0.2, -0.15) is 0 Å². The van der Waals surface area contributed by atoms with Crippen LogP contribution in [0.4, 0.5) is 11.4 Å². The highest BCUT2D eigenvalue weighted by Gasteiger charge is 2.29. The van der Waals surface area contributed by atoms with Crippen LogP contribution < -0.4 is 10.6 Å². The van der Waals surface area contributed by atoms with Gasteiger partial charge in [0.05, 0.1) is 31.2 Å². The normalized spacial score (nSPS) is 11.5. The van der Waals surface area contributed by atoms with Crippen molar-refractivity contribution in [3.8, 4) is 0 Å². The van der Waals surface area contributed by atoms with Gasteiger partial charge in [0.25, 0.3) is 5.91 Å². The topological polar surface area (TPSA) is 95.5 Å². The summed E-state index contributed by atoms with van der Waals surface area (Å²) in [5.41, 5.74) is 0.743. The minimum Gasteiger partial charge on any atom is -0.478 e. The lowest BCUT2D eigenvalue weighted by Crippen LogP contribution is -2.19. The summed E-state index contributed by atoms with van der Waals surface area (Å²) in [7, 11) is 0. The summed E-state index contributed by atoms with van der Waals surface area (Å²) in [5.74, 6) is -2.59. The molecule has 6 nitrogen and oxygen atoms in total. The van der Waals surface area contributed by atoms with Gasteiger partial charge < -0.3 is 15.7 Å². The SMILES string of the molecule is O=C(O)c1c(Cl)c(Cl)c(Cl)c(Cl)c1C(=O)Nc1cccc(SC(C(=O)Nc2ccc(Br)cc2)c2ccccc2)c1. The Bertz CT molecular complexity index is 1600. The molecule has 0 aliphatic rings. The number of carbonyl (C=O) groups excluding carboxylic acids is 2. The lowest BCUT2D eigenvalue weighted by Gasteiger charge is -2.18. The Morgan fingerprint density at radius 3 is 1.98 bits per heavy atom. The summed E-state index contributed by atoms with van der Waals surface area (Å²) >= 11 is 29.0. The van der Waals surface area contributed by atoms with Crippen LogP contribution in [0.5, 0.6) is 0 Å². The molecule has 0 aliphatic carbocycles. The molecule has 204 valence electrons. The third-order valence-electron chi connectivity index (χ3n) is 5.51. The fraction of sp³-hybridized carbons (Fsp3) is 0.0357. The van der Waals surface area contributed by atoms with Gasteiger partial charge in [-0.05, 0) is 48.0 Å². The van der Waals surface area contributed by atoms with Crippen LogP contribution in [0.1, 0.15) is 31.5 Å². The second kappa shape index (κ2) is 13.3. The van der Waals surface area contributed by atoms with Crippen molar-refractivity contribution >= 4 is 103 Å². The Hall–Kier alpha value is -2.72. The first-order valence-corrected chi connectivity index (χ1v) is 14.5. The largest absolute Gasteiger partial charge is 0.478 e. The van der Waals surface area contributed by atoms with Crippen molar-refractivity contribution < 1.29 is 19.5 Å². The Balaban J connectivity index is 1.61. The minimum absolute atomic E-state index is 0.240. The quantitative estimate of drug-likeness (QED) is 0.0968. The number of hydrogen-bond donors (Lipinski definition) is 3. The van der Waals surface area contributed by atoms with Crippen LogP contribution in [0, 0.1) is 0 Å². The fourth-order valence-electron chi connectivity index (χ4n) is 3.66. The van der Waals surface area contributed by atoms with Crippen molar-refractivity contribution in [3.05, 3.63) is 120 Å². The number of carbonyl (C=O) groups is 3. The number of benzene rings is 4. The number of thioether (sulfide) groups is 1. The van der Waals surface area contributed by atoms with Gasteiger partial charge in [0, 0.05) is 20.7 Å². The second-order valence-electron chi connectivity index (χ2n) is 8.20. The smallest absolute Gasteiger partial charge is 0.338 e. The molecule has 2 amide bonds. The molecular formula is C28H17BrCl4N2O4S. The molecule has 0 bridgehead atoms. The van der Waals surface area contributed by atoms with Crippen LogP contribution in [0.3, 0.4) is 0 Å². The van der Waals surface area contributed by atoms with Crippen molar-refractivity contribution in [2.75, 3.05) is 10.6 Å². The number of aromatic carboxylic acids is 1. The zero-order valence-corrected chi connectivity index (χ0v) is 25.5. The third-order valence-corrected chi connectivity index (χ3v) is 9.08. The minimum atomic E-state index is -1.50. The molecule has 4 aromatic rings. The van der Waals surface area contributed by atoms with Gasteiger partial charge in [0.2, 0.25) is 5.91 Å². The Labute approximate surface area is 262 Å². The maximum absolute atomic E-state index is 13.4. The fourth-order valence-corrected chi connectivity index (χ4v) is 6.03. The van der Waals surface area contributed by atoms with E-state index in [1.807, 2.05) is 42.5 Å². The predicted molar refractivity (Wildman–Crippen MR) is 166 cm³/mol. The van der Waals surface area contributed by atoms with E-state index in [2.05, 4.69) is 26.6 Å². The number of carboxylic acid groups (broad SMARTS) is 1. The van der Waals surface area contributed by atoms with E-state index in [-0.39, 0.29) is 21.0 Å². The van der Waals surface area contributed by atoms with Gasteiger partial charge in [0.15, 0.2) is 0 Å².